The highest BCUT2D eigenvalue weighted by Crippen LogP contribution is 2.37. The average molecular weight is 413 g/mol. The third-order valence-electron chi connectivity index (χ3n) is 6.25. The first kappa shape index (κ1) is 19.5. The second-order valence-electron chi connectivity index (χ2n) is 8.16. The number of aromatic nitrogens is 2. The lowest BCUT2D eigenvalue weighted by Crippen LogP contribution is -2.29. The van der Waals surface area contributed by atoms with Crippen LogP contribution in [0.25, 0.3) is 27.4 Å². The summed E-state index contributed by atoms with van der Waals surface area (Å²) in [5.74, 6) is 0.705. The Hall–Kier alpha value is -3.47. The molecule has 0 radical (unpaired) electrons. The third-order valence-corrected chi connectivity index (χ3v) is 6.25. The van der Waals surface area contributed by atoms with Crippen molar-refractivity contribution in [2.75, 3.05) is 18.0 Å². The van der Waals surface area contributed by atoms with Crippen molar-refractivity contribution >= 4 is 39.5 Å². The smallest absolute Gasteiger partial charge is 0.142 e. The number of halogens is 1. The normalized spacial score (nSPS) is 15.3. The standard InChI is InChI=1S/C26H24FN3O/c1-17(16-31)30-18(2)26(22-15-21(27)8-9-24(22)30)20-11-13-29(14-12-20)25-10-7-19-5-3-4-6-23(19)28-25/h3-11,15-17H,12-14H2,1-2H3. The van der Waals surface area contributed by atoms with Crippen molar-refractivity contribution in [3.8, 4) is 0 Å². The number of pyridine rings is 1. The fourth-order valence-electron chi connectivity index (χ4n) is 4.74. The molecule has 0 aliphatic carbocycles. The van der Waals surface area contributed by atoms with E-state index in [4.69, 9.17) is 4.98 Å². The molecule has 4 nitrogen and oxygen atoms in total. The van der Waals surface area contributed by atoms with E-state index in [2.05, 4.69) is 29.2 Å². The second-order valence-corrected chi connectivity index (χ2v) is 8.16. The predicted octanol–water partition coefficient (Wildman–Crippen LogP) is 5.69. The maximum atomic E-state index is 14.1. The molecule has 5 heteroatoms. The van der Waals surface area contributed by atoms with Crippen LogP contribution >= 0.6 is 0 Å². The van der Waals surface area contributed by atoms with Crippen molar-refractivity contribution < 1.29 is 9.18 Å². The van der Waals surface area contributed by atoms with Gasteiger partial charge in [0.05, 0.1) is 11.6 Å². The minimum atomic E-state index is -0.302. The summed E-state index contributed by atoms with van der Waals surface area (Å²) in [5, 5.41) is 2.00. The highest BCUT2D eigenvalue weighted by Gasteiger charge is 2.23. The second kappa shape index (κ2) is 7.65. The summed E-state index contributed by atoms with van der Waals surface area (Å²) >= 11 is 0. The molecule has 0 saturated carbocycles. The fraction of sp³-hybridized carbons (Fsp3) is 0.231. The van der Waals surface area contributed by atoms with E-state index in [1.807, 2.05) is 36.6 Å². The molecule has 1 unspecified atom stereocenters. The zero-order valence-electron chi connectivity index (χ0n) is 17.7. The number of fused-ring (bicyclic) bond motifs is 2. The van der Waals surface area contributed by atoms with Gasteiger partial charge in [0.15, 0.2) is 0 Å². The first-order valence-corrected chi connectivity index (χ1v) is 10.6. The van der Waals surface area contributed by atoms with Crippen LogP contribution in [-0.4, -0.2) is 28.9 Å². The molecule has 0 saturated heterocycles. The van der Waals surface area contributed by atoms with Gasteiger partial charge in [0.25, 0.3) is 0 Å². The minimum Gasteiger partial charge on any atom is -0.353 e. The van der Waals surface area contributed by atoms with Crippen molar-refractivity contribution in [3.63, 3.8) is 0 Å². The molecule has 0 N–H and O–H groups in total. The zero-order chi connectivity index (χ0) is 21.5. The highest BCUT2D eigenvalue weighted by molar-refractivity contribution is 5.96. The van der Waals surface area contributed by atoms with Crippen LogP contribution in [0, 0.1) is 12.7 Å². The predicted molar refractivity (Wildman–Crippen MR) is 124 cm³/mol. The van der Waals surface area contributed by atoms with E-state index in [0.29, 0.717) is 0 Å². The van der Waals surface area contributed by atoms with Gasteiger partial charge in [-0.05, 0) is 62.2 Å². The number of rotatable bonds is 4. The SMILES string of the molecule is Cc1c(C2=CCN(c3ccc4ccccc4n3)CC2)c2cc(F)ccc2n1C(C)C=O. The summed E-state index contributed by atoms with van der Waals surface area (Å²) in [7, 11) is 0. The fourth-order valence-corrected chi connectivity index (χ4v) is 4.74. The zero-order valence-corrected chi connectivity index (χ0v) is 17.7. The summed E-state index contributed by atoms with van der Waals surface area (Å²) in [6, 6.07) is 16.8. The summed E-state index contributed by atoms with van der Waals surface area (Å²) in [6.45, 7) is 5.47. The Kier molecular flexibility index (Phi) is 4.81. The number of hydrogen-bond acceptors (Lipinski definition) is 3. The van der Waals surface area contributed by atoms with Gasteiger partial charge in [-0.15, -0.1) is 0 Å². The maximum absolute atomic E-state index is 14.1. The molecule has 0 bridgehead atoms. The van der Waals surface area contributed by atoms with E-state index < -0.39 is 0 Å². The van der Waals surface area contributed by atoms with Gasteiger partial charge in [-0.2, -0.15) is 0 Å². The van der Waals surface area contributed by atoms with Crippen LogP contribution in [-0.2, 0) is 4.79 Å². The Balaban J connectivity index is 1.53. The van der Waals surface area contributed by atoms with Crippen LogP contribution in [0.4, 0.5) is 10.2 Å². The molecule has 0 spiro atoms. The Morgan fingerprint density at radius 2 is 1.97 bits per heavy atom. The lowest BCUT2D eigenvalue weighted by Gasteiger charge is -2.28. The van der Waals surface area contributed by atoms with E-state index >= 15 is 0 Å². The Labute approximate surface area is 180 Å². The lowest BCUT2D eigenvalue weighted by atomic mass is 9.96. The van der Waals surface area contributed by atoms with Crippen LogP contribution in [0.15, 0.2) is 60.7 Å². The molecular formula is C26H24FN3O. The molecule has 5 rings (SSSR count). The monoisotopic (exact) mass is 413 g/mol. The van der Waals surface area contributed by atoms with Gasteiger partial charge < -0.3 is 14.3 Å². The summed E-state index contributed by atoms with van der Waals surface area (Å²) < 4.78 is 16.1. The van der Waals surface area contributed by atoms with E-state index in [9.17, 15) is 9.18 Å². The number of para-hydroxylation sites is 1. The number of aldehydes is 1. The molecule has 156 valence electrons. The van der Waals surface area contributed by atoms with E-state index in [0.717, 1.165) is 64.7 Å². The topological polar surface area (TPSA) is 38.1 Å². The summed E-state index contributed by atoms with van der Waals surface area (Å²) in [4.78, 5) is 18.6. The third kappa shape index (κ3) is 3.30. The van der Waals surface area contributed by atoms with Gasteiger partial charge >= 0.3 is 0 Å². The maximum Gasteiger partial charge on any atom is 0.142 e. The first-order chi connectivity index (χ1) is 15.1. The van der Waals surface area contributed by atoms with Crippen molar-refractivity contribution in [1.29, 1.82) is 0 Å². The number of anilines is 1. The lowest BCUT2D eigenvalue weighted by molar-refractivity contribution is -0.110. The molecule has 1 aliphatic heterocycles. The molecule has 1 atom stereocenters. The van der Waals surface area contributed by atoms with Gasteiger partial charge in [0.2, 0.25) is 0 Å². The quantitative estimate of drug-likeness (QED) is 0.403. The van der Waals surface area contributed by atoms with Crippen LogP contribution in [0.1, 0.15) is 30.6 Å². The van der Waals surface area contributed by atoms with E-state index in [1.54, 1.807) is 12.1 Å². The van der Waals surface area contributed by atoms with Crippen molar-refractivity contribution in [2.45, 2.75) is 26.3 Å². The Morgan fingerprint density at radius 1 is 1.13 bits per heavy atom. The average Bonchev–Trinajstić information content (AvgIpc) is 3.09. The minimum absolute atomic E-state index is 0.261. The summed E-state index contributed by atoms with van der Waals surface area (Å²) in [6.07, 6.45) is 3.98. The van der Waals surface area contributed by atoms with Gasteiger partial charge in [0.1, 0.15) is 17.9 Å². The van der Waals surface area contributed by atoms with Gasteiger partial charge in [-0.1, -0.05) is 24.3 Å². The molecule has 3 heterocycles. The van der Waals surface area contributed by atoms with Crippen LogP contribution in [0.5, 0.6) is 0 Å². The van der Waals surface area contributed by atoms with Crippen LogP contribution in [0.2, 0.25) is 0 Å². The Morgan fingerprint density at radius 3 is 2.74 bits per heavy atom. The molecule has 1 aliphatic rings. The summed E-state index contributed by atoms with van der Waals surface area (Å²) in [5.41, 5.74) is 5.14. The number of carbonyl (C=O) groups excluding carboxylic acids is 1. The number of benzene rings is 2. The van der Waals surface area contributed by atoms with Gasteiger partial charge in [-0.3, -0.25) is 0 Å². The first-order valence-electron chi connectivity index (χ1n) is 10.6. The Bertz CT molecular complexity index is 1340. The van der Waals surface area contributed by atoms with E-state index in [1.165, 1.54) is 11.6 Å². The van der Waals surface area contributed by atoms with Crippen LogP contribution in [0.3, 0.4) is 0 Å². The molecular weight excluding hydrogens is 389 g/mol. The van der Waals surface area contributed by atoms with Crippen molar-refractivity contribution in [3.05, 3.63) is 77.7 Å². The molecule has 0 amide bonds. The highest BCUT2D eigenvalue weighted by atomic mass is 19.1. The molecule has 2 aromatic heterocycles. The van der Waals surface area contributed by atoms with Crippen molar-refractivity contribution in [2.24, 2.45) is 0 Å². The van der Waals surface area contributed by atoms with E-state index in [-0.39, 0.29) is 11.9 Å². The van der Waals surface area contributed by atoms with Crippen LogP contribution < -0.4 is 4.90 Å². The number of hydrogen-bond donors (Lipinski definition) is 0. The molecule has 4 aromatic rings. The number of nitrogens with zero attached hydrogens (tertiary/aromatic N) is 3. The molecule has 0 fully saturated rings. The molecule has 31 heavy (non-hydrogen) atoms. The van der Waals surface area contributed by atoms with Gasteiger partial charge in [0, 0.05) is 40.6 Å². The number of carbonyl (C=O) groups is 1. The molecule has 2 aromatic carbocycles. The van der Waals surface area contributed by atoms with Crippen molar-refractivity contribution in [1.82, 2.24) is 9.55 Å². The largest absolute Gasteiger partial charge is 0.353 e. The van der Waals surface area contributed by atoms with Gasteiger partial charge in [-0.25, -0.2) is 9.37 Å².